The summed E-state index contributed by atoms with van der Waals surface area (Å²) < 4.78 is 0. The molecule has 1 aromatic carbocycles. The maximum atomic E-state index is 4.23. The molecule has 19 heavy (non-hydrogen) atoms. The van der Waals surface area contributed by atoms with Crippen LogP contribution in [0.25, 0.3) is 11.6 Å². The van der Waals surface area contributed by atoms with Crippen LogP contribution in [0.2, 0.25) is 0 Å². The van der Waals surface area contributed by atoms with E-state index in [0.29, 0.717) is 0 Å². The molecule has 0 aliphatic carbocycles. The Bertz CT molecular complexity index is 508. The van der Waals surface area contributed by atoms with E-state index >= 15 is 0 Å². The zero-order valence-electron chi connectivity index (χ0n) is 12.0. The Balaban J connectivity index is 2.89. The minimum atomic E-state index is 0.853. The number of nitrogens with one attached hydrogen (secondary N) is 1. The fraction of sp³-hybridized carbons (Fsp3) is 0.235. The van der Waals surface area contributed by atoms with Gasteiger partial charge in [-0.25, -0.2) is 0 Å². The molecule has 0 aromatic heterocycles. The van der Waals surface area contributed by atoms with Crippen molar-refractivity contribution in [2.75, 3.05) is 7.05 Å². The van der Waals surface area contributed by atoms with Gasteiger partial charge in [-0.3, -0.25) is 4.99 Å². The van der Waals surface area contributed by atoms with Crippen molar-refractivity contribution in [3.63, 3.8) is 0 Å². The van der Waals surface area contributed by atoms with Crippen molar-refractivity contribution in [3.05, 3.63) is 60.3 Å². The molecular formula is C17H22N2. The van der Waals surface area contributed by atoms with Crippen LogP contribution in [0.3, 0.4) is 0 Å². The van der Waals surface area contributed by atoms with Crippen LogP contribution in [0.5, 0.6) is 0 Å². The van der Waals surface area contributed by atoms with Crippen molar-refractivity contribution < 1.29 is 0 Å². The van der Waals surface area contributed by atoms with Gasteiger partial charge in [-0.15, -0.1) is 0 Å². The van der Waals surface area contributed by atoms with E-state index in [0.717, 1.165) is 17.8 Å². The molecule has 1 aromatic rings. The van der Waals surface area contributed by atoms with E-state index in [-0.39, 0.29) is 0 Å². The molecular weight excluding hydrogens is 232 g/mol. The van der Waals surface area contributed by atoms with Gasteiger partial charge in [0, 0.05) is 7.05 Å². The molecule has 100 valence electrons. The molecule has 1 N–H and O–H groups in total. The number of amidine groups is 1. The van der Waals surface area contributed by atoms with Gasteiger partial charge in [0.15, 0.2) is 0 Å². The van der Waals surface area contributed by atoms with Gasteiger partial charge in [0.25, 0.3) is 0 Å². The van der Waals surface area contributed by atoms with Crippen LogP contribution in [0.1, 0.15) is 31.4 Å². The zero-order valence-corrected chi connectivity index (χ0v) is 12.0. The monoisotopic (exact) mass is 254 g/mol. The van der Waals surface area contributed by atoms with Gasteiger partial charge < -0.3 is 5.32 Å². The molecule has 0 radical (unpaired) electrons. The van der Waals surface area contributed by atoms with Crippen molar-refractivity contribution in [2.45, 2.75) is 20.3 Å². The Hall–Kier alpha value is -2.09. The number of aliphatic imine (C=N–C) groups is 1. The summed E-state index contributed by atoms with van der Waals surface area (Å²) in [6, 6.07) is 8.29. The fourth-order valence-corrected chi connectivity index (χ4v) is 1.63. The number of nitrogens with zero attached hydrogens (tertiary/aromatic N) is 1. The minimum absolute atomic E-state index is 0.853. The Morgan fingerprint density at radius 2 is 2.21 bits per heavy atom. The molecule has 0 heterocycles. The van der Waals surface area contributed by atoms with Gasteiger partial charge in [0.1, 0.15) is 5.84 Å². The van der Waals surface area contributed by atoms with Gasteiger partial charge in [0.2, 0.25) is 0 Å². The van der Waals surface area contributed by atoms with E-state index in [9.17, 15) is 0 Å². The Morgan fingerprint density at radius 1 is 1.42 bits per heavy atom. The first-order chi connectivity index (χ1) is 9.21. The van der Waals surface area contributed by atoms with Crippen LogP contribution in [0, 0.1) is 0 Å². The van der Waals surface area contributed by atoms with E-state index in [1.165, 1.54) is 11.1 Å². The van der Waals surface area contributed by atoms with Crippen LogP contribution in [-0.4, -0.2) is 12.9 Å². The lowest BCUT2D eigenvalue weighted by Gasteiger charge is -2.05. The quantitative estimate of drug-likeness (QED) is 0.615. The summed E-state index contributed by atoms with van der Waals surface area (Å²) in [7, 11) is 1.78. The second-order valence-corrected chi connectivity index (χ2v) is 4.22. The highest BCUT2D eigenvalue weighted by atomic mass is 15.0. The van der Waals surface area contributed by atoms with E-state index in [1.54, 1.807) is 7.05 Å². The highest BCUT2D eigenvalue weighted by Crippen LogP contribution is 2.15. The first-order valence-corrected chi connectivity index (χ1v) is 6.50. The zero-order chi connectivity index (χ0) is 14.1. The topological polar surface area (TPSA) is 24.4 Å². The van der Waals surface area contributed by atoms with E-state index in [2.05, 4.69) is 48.9 Å². The van der Waals surface area contributed by atoms with Crippen molar-refractivity contribution in [3.8, 4) is 0 Å². The van der Waals surface area contributed by atoms with Gasteiger partial charge in [-0.2, -0.15) is 0 Å². The van der Waals surface area contributed by atoms with Crippen LogP contribution < -0.4 is 5.32 Å². The predicted molar refractivity (Wildman–Crippen MR) is 86.1 cm³/mol. The second kappa shape index (κ2) is 8.09. The summed E-state index contributed by atoms with van der Waals surface area (Å²) in [4.78, 5) is 4.23. The van der Waals surface area contributed by atoms with Crippen LogP contribution in [0.4, 0.5) is 0 Å². The average molecular weight is 254 g/mol. The van der Waals surface area contributed by atoms with Crippen molar-refractivity contribution in [2.24, 2.45) is 4.99 Å². The second-order valence-electron chi connectivity index (χ2n) is 4.22. The molecule has 0 aliphatic rings. The number of hydrogen-bond donors (Lipinski definition) is 1. The van der Waals surface area contributed by atoms with E-state index in [4.69, 9.17) is 0 Å². The minimum Gasteiger partial charge on any atom is -0.347 e. The number of benzene rings is 1. The highest BCUT2D eigenvalue weighted by molar-refractivity contribution is 5.99. The molecule has 0 amide bonds. The molecule has 0 aliphatic heterocycles. The van der Waals surface area contributed by atoms with E-state index < -0.39 is 0 Å². The van der Waals surface area contributed by atoms with Crippen molar-refractivity contribution >= 4 is 17.5 Å². The lowest BCUT2D eigenvalue weighted by molar-refractivity contribution is 1.16. The molecule has 2 heteroatoms. The Kier molecular flexibility index (Phi) is 6.37. The molecule has 0 unspecified atom stereocenters. The summed E-state index contributed by atoms with van der Waals surface area (Å²) in [5.74, 6) is 0.853. The molecule has 0 bridgehead atoms. The molecule has 0 atom stereocenters. The molecule has 0 spiro atoms. The van der Waals surface area contributed by atoms with Crippen LogP contribution >= 0.6 is 0 Å². The predicted octanol–water partition coefficient (Wildman–Crippen LogP) is 4.27. The first kappa shape index (κ1) is 15.0. The lowest BCUT2D eigenvalue weighted by Crippen LogP contribution is -2.14. The van der Waals surface area contributed by atoms with Crippen molar-refractivity contribution in [1.29, 1.82) is 0 Å². The smallest absolute Gasteiger partial charge is 0.124 e. The average Bonchev–Trinajstić information content (AvgIpc) is 2.46. The van der Waals surface area contributed by atoms with E-state index in [1.807, 2.05) is 30.5 Å². The summed E-state index contributed by atoms with van der Waals surface area (Å²) in [6.07, 6.45) is 8.89. The maximum absolute atomic E-state index is 4.23. The standard InChI is InChI=1S/C17H22N2/c1-5-7-11-19-17(18-4)12-14(3)16-10-8-9-15(6-2)13-16/h6-13H,2,5H2,1,3-4H3,(H,18,19)/b11-7+,14-12+. The molecule has 0 saturated heterocycles. The van der Waals surface area contributed by atoms with Gasteiger partial charge >= 0.3 is 0 Å². The fourth-order valence-electron chi connectivity index (χ4n) is 1.63. The highest BCUT2D eigenvalue weighted by Gasteiger charge is 1.98. The maximum Gasteiger partial charge on any atom is 0.124 e. The lowest BCUT2D eigenvalue weighted by atomic mass is 10.0. The molecule has 0 fully saturated rings. The molecule has 0 saturated carbocycles. The summed E-state index contributed by atoms with van der Waals surface area (Å²) in [5.41, 5.74) is 3.47. The summed E-state index contributed by atoms with van der Waals surface area (Å²) in [5, 5.41) is 3.17. The Labute approximate surface area is 116 Å². The number of allylic oxidation sites excluding steroid dienone is 2. The van der Waals surface area contributed by atoms with Crippen LogP contribution in [0.15, 0.2) is 54.2 Å². The molecule has 1 rings (SSSR count). The SMILES string of the molecule is C=Cc1cccc(/C(C)=C/C(=NC)N/C=C/CC)c1. The molecule has 2 nitrogen and oxygen atoms in total. The van der Waals surface area contributed by atoms with Crippen LogP contribution in [-0.2, 0) is 0 Å². The summed E-state index contributed by atoms with van der Waals surface area (Å²) >= 11 is 0. The third kappa shape index (κ3) is 4.96. The largest absolute Gasteiger partial charge is 0.347 e. The van der Waals surface area contributed by atoms with Crippen molar-refractivity contribution in [1.82, 2.24) is 5.32 Å². The third-order valence-electron chi connectivity index (χ3n) is 2.76. The third-order valence-corrected chi connectivity index (χ3v) is 2.76. The van der Waals surface area contributed by atoms with Gasteiger partial charge in [-0.1, -0.05) is 43.9 Å². The summed E-state index contributed by atoms with van der Waals surface area (Å²) in [6.45, 7) is 7.98. The Morgan fingerprint density at radius 3 is 2.84 bits per heavy atom. The van der Waals surface area contributed by atoms with Gasteiger partial charge in [-0.05, 0) is 48.4 Å². The first-order valence-electron chi connectivity index (χ1n) is 6.50. The van der Waals surface area contributed by atoms with Gasteiger partial charge in [0.05, 0.1) is 0 Å². The normalized spacial score (nSPS) is 12.8. The number of hydrogen-bond acceptors (Lipinski definition) is 1. The number of rotatable bonds is 5.